The number of anilines is 1. The number of amides is 2. The van der Waals surface area contributed by atoms with Crippen molar-refractivity contribution in [2.24, 2.45) is 0 Å². The number of ether oxygens (including phenoxy) is 1. The summed E-state index contributed by atoms with van der Waals surface area (Å²) in [6, 6.07) is 4.57. The Bertz CT molecular complexity index is 671. The van der Waals surface area contributed by atoms with Crippen molar-refractivity contribution < 1.29 is 24.2 Å². The highest BCUT2D eigenvalue weighted by molar-refractivity contribution is 6.34. The zero-order valence-corrected chi connectivity index (χ0v) is 12.4. The van der Waals surface area contributed by atoms with Gasteiger partial charge in [-0.25, -0.2) is 4.79 Å². The third-order valence-electron chi connectivity index (χ3n) is 3.01. The largest absolute Gasteiger partial charge is 0.465 e. The minimum Gasteiger partial charge on any atom is -0.465 e. The minimum atomic E-state index is -0.630. The van der Waals surface area contributed by atoms with E-state index < -0.39 is 17.8 Å². The summed E-state index contributed by atoms with van der Waals surface area (Å²) in [4.78, 5) is 36.4. The number of benzene rings is 1. The zero-order chi connectivity index (χ0) is 16.3. The molecule has 0 radical (unpaired) electrons. The molecule has 0 fully saturated rings. The molecule has 0 atom stereocenters. The number of para-hydroxylation sites is 1. The number of halogens is 1. The number of nitrogens with zero attached hydrogens (tertiary/aromatic N) is 1. The number of imide groups is 1. The van der Waals surface area contributed by atoms with Gasteiger partial charge >= 0.3 is 5.97 Å². The van der Waals surface area contributed by atoms with E-state index in [0.717, 1.165) is 11.0 Å². The Morgan fingerprint density at radius 3 is 2.77 bits per heavy atom. The molecular weight excluding hydrogens is 312 g/mol. The van der Waals surface area contributed by atoms with Crippen LogP contribution in [0.15, 0.2) is 30.0 Å². The Morgan fingerprint density at radius 1 is 1.41 bits per heavy atom. The molecule has 2 amide bonds. The van der Waals surface area contributed by atoms with Crippen molar-refractivity contribution in [3.05, 3.63) is 40.6 Å². The van der Waals surface area contributed by atoms with E-state index in [2.05, 4.69) is 10.1 Å². The molecule has 116 valence electrons. The minimum absolute atomic E-state index is 0.0308. The van der Waals surface area contributed by atoms with E-state index in [0.29, 0.717) is 0 Å². The zero-order valence-electron chi connectivity index (χ0n) is 11.6. The fourth-order valence-corrected chi connectivity index (χ4v) is 2.20. The quantitative estimate of drug-likeness (QED) is 0.614. The number of nitrogens with one attached hydrogen (secondary N) is 1. The summed E-state index contributed by atoms with van der Waals surface area (Å²) in [5.74, 6) is -1.78. The average molecular weight is 325 g/mol. The monoisotopic (exact) mass is 324 g/mol. The van der Waals surface area contributed by atoms with Crippen LogP contribution >= 0.6 is 11.6 Å². The number of hydrogen-bond donors (Lipinski definition) is 2. The molecule has 2 rings (SSSR count). The fourth-order valence-electron chi connectivity index (χ4n) is 1.98. The van der Waals surface area contributed by atoms with Gasteiger partial charge in [-0.05, 0) is 12.1 Å². The highest BCUT2D eigenvalue weighted by atomic mass is 35.5. The van der Waals surface area contributed by atoms with Crippen LogP contribution in [0, 0.1) is 0 Å². The average Bonchev–Trinajstić information content (AvgIpc) is 2.76. The van der Waals surface area contributed by atoms with Crippen molar-refractivity contribution in [3.63, 3.8) is 0 Å². The van der Waals surface area contributed by atoms with E-state index in [1.807, 2.05) is 0 Å². The molecule has 1 aliphatic rings. The molecule has 22 heavy (non-hydrogen) atoms. The lowest BCUT2D eigenvalue weighted by atomic mass is 10.1. The Balaban J connectivity index is 2.32. The van der Waals surface area contributed by atoms with Crippen LogP contribution in [-0.4, -0.2) is 48.1 Å². The second-order valence-electron chi connectivity index (χ2n) is 4.36. The molecule has 0 unspecified atom stereocenters. The maximum atomic E-state index is 12.1. The summed E-state index contributed by atoms with van der Waals surface area (Å²) in [5, 5.41) is 11.8. The third kappa shape index (κ3) is 2.95. The van der Waals surface area contributed by atoms with Gasteiger partial charge in [-0.1, -0.05) is 17.7 Å². The van der Waals surface area contributed by atoms with Crippen LogP contribution in [0.2, 0.25) is 5.02 Å². The van der Waals surface area contributed by atoms with Gasteiger partial charge < -0.3 is 15.2 Å². The van der Waals surface area contributed by atoms with Crippen molar-refractivity contribution in [2.45, 2.75) is 0 Å². The SMILES string of the molecule is COC(=O)c1cccc(Cl)c1NC1=CC(=O)N(CCO)C1=O. The lowest BCUT2D eigenvalue weighted by molar-refractivity contribution is -0.137. The molecule has 0 saturated carbocycles. The van der Waals surface area contributed by atoms with E-state index in [9.17, 15) is 14.4 Å². The number of carbonyl (C=O) groups is 3. The molecule has 8 heteroatoms. The van der Waals surface area contributed by atoms with Gasteiger partial charge in [0.2, 0.25) is 0 Å². The highest BCUT2D eigenvalue weighted by Gasteiger charge is 2.31. The molecule has 1 heterocycles. The van der Waals surface area contributed by atoms with Crippen LogP contribution in [0.4, 0.5) is 5.69 Å². The van der Waals surface area contributed by atoms with Crippen molar-refractivity contribution in [2.75, 3.05) is 25.6 Å². The van der Waals surface area contributed by atoms with Crippen LogP contribution in [0.3, 0.4) is 0 Å². The Morgan fingerprint density at radius 2 is 2.14 bits per heavy atom. The molecule has 0 aliphatic carbocycles. The maximum Gasteiger partial charge on any atom is 0.340 e. The van der Waals surface area contributed by atoms with Crippen molar-refractivity contribution in [3.8, 4) is 0 Å². The second-order valence-corrected chi connectivity index (χ2v) is 4.76. The Hall–Kier alpha value is -2.38. The van der Waals surface area contributed by atoms with Crippen LogP contribution in [0.1, 0.15) is 10.4 Å². The Kier molecular flexibility index (Phi) is 4.79. The van der Waals surface area contributed by atoms with E-state index in [-0.39, 0.29) is 35.1 Å². The van der Waals surface area contributed by atoms with Gasteiger partial charge in [0.05, 0.1) is 36.5 Å². The Labute approximate surface area is 131 Å². The van der Waals surface area contributed by atoms with Crippen molar-refractivity contribution in [1.82, 2.24) is 4.90 Å². The number of methoxy groups -OCH3 is 1. The summed E-state index contributed by atoms with van der Waals surface area (Å²) in [6.45, 7) is -0.441. The lowest BCUT2D eigenvalue weighted by Gasteiger charge is -2.15. The molecular formula is C14H13ClN2O5. The molecule has 1 aromatic rings. The summed E-state index contributed by atoms with van der Waals surface area (Å²) >= 11 is 6.04. The van der Waals surface area contributed by atoms with Crippen LogP contribution in [0.25, 0.3) is 0 Å². The van der Waals surface area contributed by atoms with Crippen LogP contribution in [-0.2, 0) is 14.3 Å². The number of aliphatic hydroxyl groups is 1. The van der Waals surface area contributed by atoms with Gasteiger partial charge in [-0.3, -0.25) is 14.5 Å². The standard InChI is InChI=1S/C14H13ClN2O5/c1-22-14(21)8-3-2-4-9(15)12(8)16-10-7-11(19)17(5-6-18)13(10)20/h2-4,7,16,18H,5-6H2,1H3. The summed E-state index contributed by atoms with van der Waals surface area (Å²) < 4.78 is 4.65. The van der Waals surface area contributed by atoms with E-state index >= 15 is 0 Å². The third-order valence-corrected chi connectivity index (χ3v) is 3.33. The number of esters is 1. The first kappa shape index (κ1) is 16.0. The van der Waals surface area contributed by atoms with E-state index in [1.54, 1.807) is 6.07 Å². The molecule has 0 spiro atoms. The van der Waals surface area contributed by atoms with Gasteiger partial charge in [-0.2, -0.15) is 0 Å². The topological polar surface area (TPSA) is 95.9 Å². The summed E-state index contributed by atoms with van der Waals surface area (Å²) in [6.07, 6.45) is 1.09. The lowest BCUT2D eigenvalue weighted by Crippen LogP contribution is -2.34. The molecule has 2 N–H and O–H groups in total. The normalized spacial score (nSPS) is 14.1. The summed E-state index contributed by atoms with van der Waals surface area (Å²) in [7, 11) is 1.22. The van der Waals surface area contributed by atoms with Gasteiger partial charge in [0, 0.05) is 6.08 Å². The number of hydrogen-bond acceptors (Lipinski definition) is 6. The maximum absolute atomic E-state index is 12.1. The van der Waals surface area contributed by atoms with E-state index in [4.69, 9.17) is 16.7 Å². The number of rotatable bonds is 5. The second kappa shape index (κ2) is 6.59. The van der Waals surface area contributed by atoms with Crippen LogP contribution < -0.4 is 5.32 Å². The van der Waals surface area contributed by atoms with E-state index in [1.165, 1.54) is 19.2 Å². The molecule has 7 nitrogen and oxygen atoms in total. The highest BCUT2D eigenvalue weighted by Crippen LogP contribution is 2.29. The smallest absolute Gasteiger partial charge is 0.340 e. The summed E-state index contributed by atoms with van der Waals surface area (Å²) in [5.41, 5.74) is 0.280. The first-order chi connectivity index (χ1) is 10.5. The molecule has 1 aromatic carbocycles. The van der Waals surface area contributed by atoms with Crippen LogP contribution in [0.5, 0.6) is 0 Å². The van der Waals surface area contributed by atoms with Gasteiger partial charge in [0.1, 0.15) is 5.70 Å². The van der Waals surface area contributed by atoms with Crippen molar-refractivity contribution in [1.29, 1.82) is 0 Å². The first-order valence-corrected chi connectivity index (χ1v) is 6.69. The predicted molar refractivity (Wildman–Crippen MR) is 78.3 cm³/mol. The first-order valence-electron chi connectivity index (χ1n) is 6.31. The molecule has 1 aliphatic heterocycles. The number of aliphatic hydroxyl groups excluding tert-OH is 1. The van der Waals surface area contributed by atoms with Gasteiger partial charge in [-0.15, -0.1) is 0 Å². The number of carbonyl (C=O) groups excluding carboxylic acids is 3. The molecule has 0 bridgehead atoms. The fraction of sp³-hybridized carbons (Fsp3) is 0.214. The van der Waals surface area contributed by atoms with Gasteiger partial charge in [0.15, 0.2) is 0 Å². The predicted octanol–water partition coefficient (Wildman–Crippen LogP) is 0.783. The molecule has 0 aromatic heterocycles. The number of β-amino-alcohol motifs (C(OH)–C–C–N with tert-alkyl or cyclic N) is 1. The molecule has 0 saturated heterocycles. The van der Waals surface area contributed by atoms with Gasteiger partial charge in [0.25, 0.3) is 11.8 Å². The van der Waals surface area contributed by atoms with Crippen molar-refractivity contribution >= 4 is 35.1 Å².